The number of hydrogen-bond donors (Lipinski definition) is 1. The molecule has 0 spiro atoms. The molecule has 2 nitrogen and oxygen atoms in total. The predicted molar refractivity (Wildman–Crippen MR) is 119 cm³/mol. The van der Waals surface area contributed by atoms with E-state index < -0.39 is 6.10 Å². The molecule has 0 aromatic heterocycles. The zero-order chi connectivity index (χ0) is 21.0. The molecule has 4 rings (SSSR count). The Labute approximate surface area is 178 Å². The van der Waals surface area contributed by atoms with E-state index in [1.54, 1.807) is 0 Å². The van der Waals surface area contributed by atoms with Crippen LogP contribution in [0.3, 0.4) is 0 Å². The summed E-state index contributed by atoms with van der Waals surface area (Å²) in [5.74, 6) is 4.81. The van der Waals surface area contributed by atoms with E-state index in [2.05, 4.69) is 34.6 Å². The lowest BCUT2D eigenvalue weighted by Crippen LogP contribution is -2.54. The van der Waals surface area contributed by atoms with Crippen molar-refractivity contribution in [3.05, 3.63) is 11.6 Å². The Bertz CT molecular complexity index is 663. The van der Waals surface area contributed by atoms with Crippen LogP contribution in [0.5, 0.6) is 0 Å². The molecule has 0 heterocycles. The third-order valence-electron chi connectivity index (χ3n) is 10.2. The van der Waals surface area contributed by atoms with Gasteiger partial charge < -0.3 is 5.11 Å². The number of ketones is 1. The summed E-state index contributed by atoms with van der Waals surface area (Å²) in [6, 6.07) is 0. The largest absolute Gasteiger partial charge is 0.389 e. The average Bonchev–Trinajstić information content (AvgIpc) is 3.00. The molecule has 1 N–H and O–H groups in total. The lowest BCUT2D eigenvalue weighted by Gasteiger charge is -2.59. The molecule has 0 radical (unpaired) electrons. The molecule has 0 amide bonds. The fourth-order valence-corrected chi connectivity index (χ4v) is 8.63. The number of rotatable bonds is 5. The van der Waals surface area contributed by atoms with E-state index in [0.29, 0.717) is 23.7 Å². The third kappa shape index (κ3) is 3.56. The molecule has 2 heteroatoms. The molecular formula is C27H44O2. The molecule has 0 aromatic carbocycles. The summed E-state index contributed by atoms with van der Waals surface area (Å²) in [5, 5.41) is 11.1. The number of aliphatic hydroxyl groups excluding tert-OH is 1. The molecule has 164 valence electrons. The van der Waals surface area contributed by atoms with E-state index in [9.17, 15) is 9.90 Å². The molecule has 4 aliphatic rings. The number of carbonyl (C=O) groups excluding carboxylic acids is 1. The van der Waals surface area contributed by atoms with Crippen LogP contribution in [0.1, 0.15) is 98.8 Å². The molecule has 6 unspecified atom stereocenters. The van der Waals surface area contributed by atoms with Gasteiger partial charge in [-0.15, -0.1) is 0 Å². The van der Waals surface area contributed by atoms with Gasteiger partial charge in [-0.2, -0.15) is 0 Å². The number of carbonyl (C=O) groups is 1. The molecule has 29 heavy (non-hydrogen) atoms. The van der Waals surface area contributed by atoms with Crippen LogP contribution in [0.15, 0.2) is 11.6 Å². The van der Waals surface area contributed by atoms with Gasteiger partial charge in [-0.3, -0.25) is 4.79 Å². The first-order valence-electron chi connectivity index (χ1n) is 12.6. The van der Waals surface area contributed by atoms with Crippen LogP contribution >= 0.6 is 0 Å². The lowest BCUT2D eigenvalue weighted by molar-refractivity contribution is -0.119. The maximum absolute atomic E-state index is 12.1. The third-order valence-corrected chi connectivity index (χ3v) is 10.2. The smallest absolute Gasteiger partial charge is 0.155 e. The summed E-state index contributed by atoms with van der Waals surface area (Å²) >= 11 is 0. The Hall–Kier alpha value is -0.630. The van der Waals surface area contributed by atoms with Crippen molar-refractivity contribution in [3.8, 4) is 0 Å². The Kier molecular flexibility index (Phi) is 5.82. The fraction of sp³-hybridized carbons (Fsp3) is 0.889. The Morgan fingerprint density at radius 3 is 2.55 bits per heavy atom. The summed E-state index contributed by atoms with van der Waals surface area (Å²) in [6.07, 6.45) is 13.5. The van der Waals surface area contributed by atoms with Gasteiger partial charge in [0, 0.05) is 6.42 Å². The number of hydrogen-bond acceptors (Lipinski definition) is 2. The van der Waals surface area contributed by atoms with Crippen molar-refractivity contribution in [2.24, 2.45) is 46.3 Å². The molecule has 4 aliphatic carbocycles. The Morgan fingerprint density at radius 1 is 1.07 bits per heavy atom. The van der Waals surface area contributed by atoms with Crippen molar-refractivity contribution in [2.75, 3.05) is 0 Å². The Balaban J connectivity index is 1.53. The van der Waals surface area contributed by atoms with E-state index in [1.807, 2.05) is 6.08 Å². The van der Waals surface area contributed by atoms with Crippen LogP contribution in [0.2, 0.25) is 0 Å². The molecule has 0 aromatic rings. The lowest BCUT2D eigenvalue weighted by atomic mass is 9.46. The van der Waals surface area contributed by atoms with Crippen LogP contribution in [0, 0.1) is 46.3 Å². The Morgan fingerprint density at radius 2 is 1.83 bits per heavy atom. The standard InChI is InChI=1S/C27H44O2/c1-17(2)7-6-8-18(3)21-9-10-22-20-16-25(29)24-15-19(28)11-13-27(24,5)23(20)12-14-26(21,22)4/h15,17-18,20-23,25,29H,6-14,16H2,1-5H3/t18?,20?,21?,22?,23?,25?,26-,27-/m1/s1. The second-order valence-corrected chi connectivity index (χ2v) is 12.1. The van der Waals surface area contributed by atoms with E-state index in [4.69, 9.17) is 0 Å². The highest BCUT2D eigenvalue weighted by molar-refractivity contribution is 5.91. The highest BCUT2D eigenvalue weighted by Crippen LogP contribution is 2.67. The van der Waals surface area contributed by atoms with E-state index in [0.717, 1.165) is 42.1 Å². The topological polar surface area (TPSA) is 37.3 Å². The van der Waals surface area contributed by atoms with Gasteiger partial charge in [0.2, 0.25) is 0 Å². The van der Waals surface area contributed by atoms with Gasteiger partial charge in [-0.05, 0) is 96.5 Å². The minimum atomic E-state index is -0.393. The van der Waals surface area contributed by atoms with Crippen molar-refractivity contribution in [1.29, 1.82) is 0 Å². The van der Waals surface area contributed by atoms with Gasteiger partial charge in [-0.1, -0.05) is 53.9 Å². The van der Waals surface area contributed by atoms with E-state index in [1.165, 1.54) is 44.9 Å². The van der Waals surface area contributed by atoms with Crippen LogP contribution in [0.4, 0.5) is 0 Å². The van der Waals surface area contributed by atoms with Crippen LogP contribution in [-0.4, -0.2) is 17.0 Å². The van der Waals surface area contributed by atoms with Gasteiger partial charge >= 0.3 is 0 Å². The molecule has 0 aliphatic heterocycles. The molecule has 3 fully saturated rings. The second kappa shape index (κ2) is 7.81. The summed E-state index contributed by atoms with van der Waals surface area (Å²) < 4.78 is 0. The summed E-state index contributed by atoms with van der Waals surface area (Å²) in [6.45, 7) is 12.2. The van der Waals surface area contributed by atoms with Gasteiger partial charge in [0.1, 0.15) is 0 Å². The van der Waals surface area contributed by atoms with Crippen molar-refractivity contribution >= 4 is 5.78 Å². The minimum Gasteiger partial charge on any atom is -0.389 e. The van der Waals surface area contributed by atoms with Gasteiger partial charge in [0.25, 0.3) is 0 Å². The number of fused-ring (bicyclic) bond motifs is 5. The number of aliphatic hydroxyl groups is 1. The zero-order valence-corrected chi connectivity index (χ0v) is 19.5. The first kappa shape index (κ1) is 21.6. The SMILES string of the molecule is CC(C)CCCC(C)C1CCC2C3CC(O)C4=CC(=O)CC[C@]4(C)C3CC[C@]12C. The quantitative estimate of drug-likeness (QED) is 0.567. The van der Waals surface area contributed by atoms with Gasteiger partial charge in [-0.25, -0.2) is 0 Å². The van der Waals surface area contributed by atoms with Gasteiger partial charge in [0.15, 0.2) is 5.78 Å². The van der Waals surface area contributed by atoms with Crippen LogP contribution in [0.25, 0.3) is 0 Å². The molecule has 0 saturated heterocycles. The van der Waals surface area contributed by atoms with E-state index in [-0.39, 0.29) is 11.2 Å². The highest BCUT2D eigenvalue weighted by Gasteiger charge is 2.60. The van der Waals surface area contributed by atoms with Crippen molar-refractivity contribution in [3.63, 3.8) is 0 Å². The molecular weight excluding hydrogens is 356 g/mol. The molecule has 0 bridgehead atoms. The van der Waals surface area contributed by atoms with Crippen molar-refractivity contribution in [1.82, 2.24) is 0 Å². The highest BCUT2D eigenvalue weighted by atomic mass is 16.3. The molecule has 8 atom stereocenters. The summed E-state index contributed by atoms with van der Waals surface area (Å²) in [4.78, 5) is 12.1. The van der Waals surface area contributed by atoms with Crippen molar-refractivity contribution in [2.45, 2.75) is 105 Å². The maximum Gasteiger partial charge on any atom is 0.155 e. The van der Waals surface area contributed by atoms with E-state index >= 15 is 0 Å². The molecule has 3 saturated carbocycles. The summed E-state index contributed by atoms with van der Waals surface area (Å²) in [7, 11) is 0. The predicted octanol–water partition coefficient (Wildman–Crippen LogP) is 6.57. The first-order chi connectivity index (χ1) is 13.7. The summed E-state index contributed by atoms with van der Waals surface area (Å²) in [5.41, 5.74) is 1.59. The van der Waals surface area contributed by atoms with Crippen LogP contribution < -0.4 is 0 Å². The minimum absolute atomic E-state index is 0.0541. The van der Waals surface area contributed by atoms with Gasteiger partial charge in [0.05, 0.1) is 6.10 Å². The van der Waals surface area contributed by atoms with Crippen molar-refractivity contribution < 1.29 is 9.90 Å². The first-order valence-corrected chi connectivity index (χ1v) is 12.6. The monoisotopic (exact) mass is 400 g/mol. The maximum atomic E-state index is 12.1. The second-order valence-electron chi connectivity index (χ2n) is 12.1. The normalized spacial score (nSPS) is 45.4. The van der Waals surface area contributed by atoms with Crippen LogP contribution in [-0.2, 0) is 4.79 Å². The zero-order valence-electron chi connectivity index (χ0n) is 19.5. The average molecular weight is 401 g/mol. The fourth-order valence-electron chi connectivity index (χ4n) is 8.63.